The van der Waals surface area contributed by atoms with Crippen LogP contribution in [0.5, 0.6) is 5.75 Å². The molecule has 0 unspecified atom stereocenters. The molecule has 0 aliphatic carbocycles. The first-order valence-electron chi connectivity index (χ1n) is 4.28. The zero-order chi connectivity index (χ0) is 15.0. The van der Waals surface area contributed by atoms with Crippen molar-refractivity contribution in [2.75, 3.05) is 0 Å². The SMILES string of the molecule is Cc1cc(OC(F)(F)F)c([N+](=O)[O-])nc1S(=O)(=O)Cl. The van der Waals surface area contributed by atoms with Crippen LogP contribution in [0.3, 0.4) is 0 Å². The molecule has 0 N–H and O–H groups in total. The van der Waals surface area contributed by atoms with E-state index in [2.05, 4.69) is 9.72 Å². The molecule has 0 bridgehead atoms. The number of nitrogens with zero attached hydrogens (tertiary/aromatic N) is 2. The van der Waals surface area contributed by atoms with Gasteiger partial charge in [-0.3, -0.25) is 0 Å². The van der Waals surface area contributed by atoms with Gasteiger partial charge in [-0.05, 0) is 22.9 Å². The summed E-state index contributed by atoms with van der Waals surface area (Å²) in [6.45, 7) is 1.06. The van der Waals surface area contributed by atoms with Crippen LogP contribution in [0.2, 0.25) is 0 Å². The molecule has 1 aromatic heterocycles. The second kappa shape index (κ2) is 4.81. The van der Waals surface area contributed by atoms with Gasteiger partial charge in [0.15, 0.2) is 0 Å². The van der Waals surface area contributed by atoms with E-state index in [1.54, 1.807) is 0 Å². The summed E-state index contributed by atoms with van der Waals surface area (Å²) in [6.07, 6.45) is -5.18. The number of hydrogen-bond acceptors (Lipinski definition) is 6. The highest BCUT2D eigenvalue weighted by atomic mass is 35.7. The first-order valence-corrected chi connectivity index (χ1v) is 6.59. The van der Waals surface area contributed by atoms with Crippen LogP contribution in [0, 0.1) is 17.0 Å². The first-order chi connectivity index (χ1) is 8.42. The predicted molar refractivity (Wildman–Crippen MR) is 55.4 cm³/mol. The quantitative estimate of drug-likeness (QED) is 0.480. The van der Waals surface area contributed by atoms with Crippen LogP contribution in [-0.2, 0) is 9.05 Å². The molecule has 0 aromatic carbocycles. The normalized spacial score (nSPS) is 12.3. The maximum absolute atomic E-state index is 12.0. The van der Waals surface area contributed by atoms with Crippen molar-refractivity contribution in [2.24, 2.45) is 0 Å². The maximum Gasteiger partial charge on any atom is 0.573 e. The number of aryl methyl sites for hydroxylation is 1. The highest BCUT2D eigenvalue weighted by molar-refractivity contribution is 8.13. The summed E-state index contributed by atoms with van der Waals surface area (Å²) in [6, 6.07) is 0.522. The predicted octanol–water partition coefficient (Wildman–Crippen LogP) is 2.12. The molecule has 1 aromatic rings. The lowest BCUT2D eigenvalue weighted by Crippen LogP contribution is -2.19. The Bertz CT molecular complexity index is 630. The Balaban J connectivity index is 3.51. The second-order valence-corrected chi connectivity index (χ2v) is 5.66. The van der Waals surface area contributed by atoms with Crippen LogP contribution in [0.1, 0.15) is 5.56 Å². The van der Waals surface area contributed by atoms with Crippen molar-refractivity contribution in [3.63, 3.8) is 0 Å². The van der Waals surface area contributed by atoms with E-state index in [1.807, 2.05) is 0 Å². The summed E-state index contributed by atoms with van der Waals surface area (Å²) in [4.78, 5) is 12.2. The van der Waals surface area contributed by atoms with Gasteiger partial charge in [0.05, 0.1) is 0 Å². The third kappa shape index (κ3) is 3.92. The Morgan fingerprint density at radius 3 is 2.37 bits per heavy atom. The number of alkyl halides is 3. The minimum Gasteiger partial charge on any atom is -0.397 e. The zero-order valence-corrected chi connectivity index (χ0v) is 10.5. The molecule has 1 rings (SSSR count). The number of nitro groups is 1. The van der Waals surface area contributed by atoms with Crippen molar-refractivity contribution < 1.29 is 31.2 Å². The van der Waals surface area contributed by atoms with E-state index in [1.165, 1.54) is 0 Å². The van der Waals surface area contributed by atoms with Crippen LogP contribution in [0.4, 0.5) is 19.0 Å². The summed E-state index contributed by atoms with van der Waals surface area (Å²) in [7, 11) is 0.520. The summed E-state index contributed by atoms with van der Waals surface area (Å²) in [5.74, 6) is -2.62. The third-order valence-electron chi connectivity index (χ3n) is 1.74. The second-order valence-electron chi connectivity index (χ2n) is 3.17. The Labute approximate surface area is 108 Å². The highest BCUT2D eigenvalue weighted by Crippen LogP contribution is 2.33. The minimum atomic E-state index is -5.18. The average Bonchev–Trinajstić information content (AvgIpc) is 2.11. The third-order valence-corrected chi connectivity index (χ3v) is 3.06. The van der Waals surface area contributed by atoms with Gasteiger partial charge in [-0.2, -0.15) is 0 Å². The summed E-state index contributed by atoms with van der Waals surface area (Å²) >= 11 is 0. The molecule has 12 heteroatoms. The maximum atomic E-state index is 12.0. The molecular weight excluding hydrogens is 317 g/mol. The lowest BCUT2D eigenvalue weighted by molar-refractivity contribution is -0.393. The number of halogens is 4. The fourth-order valence-corrected chi connectivity index (χ4v) is 2.25. The fourth-order valence-electron chi connectivity index (χ4n) is 1.14. The van der Waals surface area contributed by atoms with Crippen LogP contribution in [-0.4, -0.2) is 24.7 Å². The lowest BCUT2D eigenvalue weighted by atomic mass is 10.3. The molecule has 1 heterocycles. The molecule has 0 aliphatic heterocycles. The van der Waals surface area contributed by atoms with Gasteiger partial charge in [0, 0.05) is 16.2 Å². The number of rotatable bonds is 3. The van der Waals surface area contributed by atoms with E-state index in [0.717, 1.165) is 6.92 Å². The standard InChI is InChI=1S/C7H4ClF3N2O5S/c1-3-2-4(18-7(9,10)11)5(13(14)15)12-6(3)19(8,16)17/h2H,1H3. The lowest BCUT2D eigenvalue weighted by Gasteiger charge is -2.09. The van der Waals surface area contributed by atoms with Crippen molar-refractivity contribution in [1.82, 2.24) is 4.98 Å². The summed E-state index contributed by atoms with van der Waals surface area (Å²) < 4.78 is 61.6. The Hall–Kier alpha value is -1.62. The zero-order valence-electron chi connectivity index (χ0n) is 8.93. The fraction of sp³-hybridized carbons (Fsp3) is 0.286. The Morgan fingerprint density at radius 1 is 1.47 bits per heavy atom. The molecule has 0 radical (unpaired) electrons. The van der Waals surface area contributed by atoms with Gasteiger partial charge in [-0.1, -0.05) is 0 Å². The molecular formula is C7H4ClF3N2O5S. The van der Waals surface area contributed by atoms with Crippen molar-refractivity contribution in [2.45, 2.75) is 18.3 Å². The number of hydrogen-bond donors (Lipinski definition) is 0. The summed E-state index contributed by atoms with van der Waals surface area (Å²) in [5.41, 5.74) is -0.320. The number of ether oxygens (including phenoxy) is 1. The van der Waals surface area contributed by atoms with Gasteiger partial charge < -0.3 is 14.9 Å². The average molecular weight is 321 g/mol. The van der Waals surface area contributed by atoms with Gasteiger partial charge in [0.1, 0.15) is 0 Å². The largest absolute Gasteiger partial charge is 0.573 e. The number of aromatic nitrogens is 1. The highest BCUT2D eigenvalue weighted by Gasteiger charge is 2.37. The van der Waals surface area contributed by atoms with Crippen LogP contribution < -0.4 is 4.74 Å². The molecule has 0 saturated heterocycles. The molecule has 0 fully saturated rings. The van der Waals surface area contributed by atoms with Gasteiger partial charge in [-0.15, -0.1) is 13.2 Å². The molecule has 0 spiro atoms. The topological polar surface area (TPSA) is 99.4 Å². The minimum absolute atomic E-state index is 0.320. The van der Waals surface area contributed by atoms with Crippen molar-refractivity contribution in [3.05, 3.63) is 21.7 Å². The molecule has 0 amide bonds. The van der Waals surface area contributed by atoms with E-state index >= 15 is 0 Å². The van der Waals surface area contributed by atoms with E-state index < -0.39 is 36.9 Å². The monoisotopic (exact) mass is 320 g/mol. The first kappa shape index (κ1) is 15.4. The van der Waals surface area contributed by atoms with E-state index in [-0.39, 0.29) is 5.56 Å². The van der Waals surface area contributed by atoms with Gasteiger partial charge >= 0.3 is 21.2 Å². The molecule has 0 saturated carbocycles. The van der Waals surface area contributed by atoms with Crippen LogP contribution >= 0.6 is 10.7 Å². The molecule has 0 aliphatic rings. The molecule has 19 heavy (non-hydrogen) atoms. The molecule has 7 nitrogen and oxygen atoms in total. The van der Waals surface area contributed by atoms with Crippen molar-refractivity contribution >= 4 is 25.6 Å². The number of pyridine rings is 1. The van der Waals surface area contributed by atoms with Crippen molar-refractivity contribution in [1.29, 1.82) is 0 Å². The molecule has 0 atom stereocenters. The van der Waals surface area contributed by atoms with Gasteiger partial charge in [-0.25, -0.2) is 8.42 Å². The smallest absolute Gasteiger partial charge is 0.397 e. The Morgan fingerprint density at radius 2 is 2.00 bits per heavy atom. The molecule has 106 valence electrons. The van der Waals surface area contributed by atoms with Crippen LogP contribution in [0.25, 0.3) is 0 Å². The van der Waals surface area contributed by atoms with Gasteiger partial charge in [0.2, 0.25) is 5.75 Å². The van der Waals surface area contributed by atoms with E-state index in [0.29, 0.717) is 6.07 Å². The Kier molecular flexibility index (Phi) is 3.91. The van der Waals surface area contributed by atoms with E-state index in [4.69, 9.17) is 10.7 Å². The van der Waals surface area contributed by atoms with Crippen molar-refractivity contribution in [3.8, 4) is 5.75 Å². The van der Waals surface area contributed by atoms with E-state index in [9.17, 15) is 31.7 Å². The summed E-state index contributed by atoms with van der Waals surface area (Å²) in [5, 5.41) is 9.65. The van der Waals surface area contributed by atoms with Gasteiger partial charge in [0.25, 0.3) is 5.03 Å². The van der Waals surface area contributed by atoms with Crippen LogP contribution in [0.15, 0.2) is 11.1 Å².